The minimum absolute atomic E-state index is 0.0973. The fourth-order valence-electron chi connectivity index (χ4n) is 2.05. The van der Waals surface area contributed by atoms with E-state index >= 15 is 0 Å². The fraction of sp³-hybridized carbons (Fsp3) is 0.600. The van der Waals surface area contributed by atoms with Gasteiger partial charge in [-0.1, -0.05) is 72.4 Å². The first-order chi connectivity index (χ1) is 7.23. The van der Waals surface area contributed by atoms with Gasteiger partial charge >= 0.3 is 0 Å². The molecule has 92 valence electrons. The Bertz CT molecular complexity index is 282. The van der Waals surface area contributed by atoms with E-state index in [9.17, 15) is 0 Å². The molecule has 0 aliphatic rings. The monoisotopic (exact) mass is 238 g/mol. The molecule has 0 nitrogen and oxygen atoms in total. The van der Waals surface area contributed by atoms with E-state index in [4.69, 9.17) is 0 Å². The van der Waals surface area contributed by atoms with E-state index in [1.165, 1.54) is 12.0 Å². The Balaban J connectivity index is 5.25. The van der Waals surface area contributed by atoms with Gasteiger partial charge in [0.25, 0.3) is 0 Å². The summed E-state index contributed by atoms with van der Waals surface area (Å²) in [5.41, 5.74) is 2.16. The molecule has 0 heterocycles. The molecule has 1 heteroatoms. The molecule has 0 saturated carbocycles. The molecule has 0 fully saturated rings. The fourth-order valence-corrected chi connectivity index (χ4v) is 2.48. The second-order valence-corrected chi connectivity index (χ2v) is 6.27. The van der Waals surface area contributed by atoms with Crippen LogP contribution in [0.1, 0.15) is 41.0 Å². The molecule has 0 spiro atoms. The SMILES string of the molecule is C=C/C=C(\C=C)C(C)(C)C(P)C(C)(C)CC. The maximum absolute atomic E-state index is 3.91. The van der Waals surface area contributed by atoms with Gasteiger partial charge in [0.15, 0.2) is 0 Å². The number of hydrogen-bond acceptors (Lipinski definition) is 0. The van der Waals surface area contributed by atoms with Crippen molar-refractivity contribution < 1.29 is 0 Å². The lowest BCUT2D eigenvalue weighted by molar-refractivity contribution is 0.237. The highest BCUT2D eigenvalue weighted by Crippen LogP contribution is 2.46. The van der Waals surface area contributed by atoms with Crippen LogP contribution >= 0.6 is 9.24 Å². The van der Waals surface area contributed by atoms with Gasteiger partial charge in [-0.3, -0.25) is 0 Å². The van der Waals surface area contributed by atoms with Gasteiger partial charge < -0.3 is 0 Å². The average Bonchev–Trinajstić information content (AvgIpc) is 2.24. The second-order valence-electron chi connectivity index (χ2n) is 5.60. The molecule has 0 saturated heterocycles. The van der Waals surface area contributed by atoms with Crippen molar-refractivity contribution >= 4 is 9.24 Å². The van der Waals surface area contributed by atoms with Crippen molar-refractivity contribution in [2.75, 3.05) is 0 Å². The lowest BCUT2D eigenvalue weighted by atomic mass is 9.69. The summed E-state index contributed by atoms with van der Waals surface area (Å²) in [6, 6.07) is 0. The maximum Gasteiger partial charge on any atom is -0.00360 e. The van der Waals surface area contributed by atoms with Crippen molar-refractivity contribution in [3.63, 3.8) is 0 Å². The molecule has 16 heavy (non-hydrogen) atoms. The lowest BCUT2D eigenvalue weighted by Gasteiger charge is -2.43. The first-order valence-corrected chi connectivity index (χ1v) is 6.62. The lowest BCUT2D eigenvalue weighted by Crippen LogP contribution is -2.37. The smallest absolute Gasteiger partial charge is 0.00360 e. The van der Waals surface area contributed by atoms with Gasteiger partial charge in [-0.25, -0.2) is 0 Å². The van der Waals surface area contributed by atoms with Crippen LogP contribution in [0, 0.1) is 10.8 Å². The summed E-state index contributed by atoms with van der Waals surface area (Å²) >= 11 is 0. The third-order valence-corrected chi connectivity index (χ3v) is 5.53. The van der Waals surface area contributed by atoms with Crippen LogP contribution in [-0.2, 0) is 0 Å². The van der Waals surface area contributed by atoms with Crippen molar-refractivity contribution in [2.24, 2.45) is 10.8 Å². The Kier molecular flexibility index (Phi) is 5.70. The predicted octanol–water partition coefficient (Wildman–Crippen LogP) is 4.99. The van der Waals surface area contributed by atoms with E-state index in [-0.39, 0.29) is 5.41 Å². The summed E-state index contributed by atoms with van der Waals surface area (Å²) in [5, 5.41) is 0. The molecule has 0 rings (SSSR count). The van der Waals surface area contributed by atoms with Crippen LogP contribution in [0.3, 0.4) is 0 Å². The van der Waals surface area contributed by atoms with Crippen molar-refractivity contribution in [1.29, 1.82) is 0 Å². The van der Waals surface area contributed by atoms with Gasteiger partial charge in [0, 0.05) is 0 Å². The molecule has 0 amide bonds. The number of rotatable bonds is 6. The average molecular weight is 238 g/mol. The number of allylic oxidation sites excluding steroid dienone is 4. The highest BCUT2D eigenvalue weighted by atomic mass is 31.0. The molecule has 0 radical (unpaired) electrons. The molecular formula is C15H27P. The molecule has 0 aromatic heterocycles. The van der Waals surface area contributed by atoms with E-state index in [1.54, 1.807) is 0 Å². The second kappa shape index (κ2) is 5.82. The molecule has 0 N–H and O–H groups in total. The third-order valence-electron chi connectivity index (χ3n) is 3.79. The highest BCUT2D eigenvalue weighted by Gasteiger charge is 2.37. The normalized spacial score (nSPS) is 15.8. The Morgan fingerprint density at radius 2 is 1.75 bits per heavy atom. The van der Waals surface area contributed by atoms with Gasteiger partial charge in [0.05, 0.1) is 0 Å². The van der Waals surface area contributed by atoms with Crippen LogP contribution in [-0.4, -0.2) is 5.66 Å². The van der Waals surface area contributed by atoms with Crippen LogP contribution in [0.25, 0.3) is 0 Å². The Labute approximate surface area is 104 Å². The molecule has 0 aliphatic heterocycles. The van der Waals surface area contributed by atoms with Crippen LogP contribution in [0.15, 0.2) is 37.0 Å². The van der Waals surface area contributed by atoms with E-state index in [0.29, 0.717) is 11.1 Å². The maximum atomic E-state index is 3.91. The van der Waals surface area contributed by atoms with Crippen molar-refractivity contribution in [3.05, 3.63) is 37.0 Å². The van der Waals surface area contributed by atoms with E-state index in [1.807, 2.05) is 12.2 Å². The van der Waals surface area contributed by atoms with Gasteiger partial charge in [-0.15, -0.1) is 9.24 Å². The molecular weight excluding hydrogens is 211 g/mol. The summed E-state index contributed by atoms with van der Waals surface area (Å²) in [6.45, 7) is 19.1. The Hall–Kier alpha value is -0.350. The number of hydrogen-bond donors (Lipinski definition) is 0. The summed E-state index contributed by atoms with van der Waals surface area (Å²) in [5.74, 6) is 0. The zero-order valence-corrected chi connectivity index (χ0v) is 12.7. The van der Waals surface area contributed by atoms with Crippen molar-refractivity contribution in [1.82, 2.24) is 0 Å². The highest BCUT2D eigenvalue weighted by molar-refractivity contribution is 7.17. The molecule has 0 bridgehead atoms. The zero-order valence-electron chi connectivity index (χ0n) is 11.5. The third kappa shape index (κ3) is 3.32. The van der Waals surface area contributed by atoms with Gasteiger partial charge in [0.1, 0.15) is 0 Å². The quantitative estimate of drug-likeness (QED) is 0.451. The summed E-state index contributed by atoms with van der Waals surface area (Å²) in [6.07, 6.45) is 7.03. The summed E-state index contributed by atoms with van der Waals surface area (Å²) in [7, 11) is 3.02. The van der Waals surface area contributed by atoms with Gasteiger partial charge in [-0.2, -0.15) is 0 Å². The van der Waals surface area contributed by atoms with E-state index in [0.717, 1.165) is 0 Å². The molecule has 2 unspecified atom stereocenters. The van der Waals surface area contributed by atoms with Gasteiger partial charge in [0.2, 0.25) is 0 Å². The predicted molar refractivity (Wildman–Crippen MR) is 79.8 cm³/mol. The first kappa shape index (κ1) is 15.7. The largest absolute Gasteiger partial charge is 0.133 e. The van der Waals surface area contributed by atoms with Gasteiger partial charge in [-0.05, 0) is 22.1 Å². The Morgan fingerprint density at radius 3 is 2.06 bits per heavy atom. The van der Waals surface area contributed by atoms with E-state index < -0.39 is 0 Å². The topological polar surface area (TPSA) is 0 Å². The zero-order chi connectivity index (χ0) is 13.0. The molecule has 0 aliphatic carbocycles. The first-order valence-electron chi connectivity index (χ1n) is 5.95. The summed E-state index contributed by atoms with van der Waals surface area (Å²) < 4.78 is 0. The molecule has 0 aromatic rings. The van der Waals surface area contributed by atoms with Crippen molar-refractivity contribution in [3.8, 4) is 0 Å². The van der Waals surface area contributed by atoms with Crippen LogP contribution in [0.4, 0.5) is 0 Å². The van der Waals surface area contributed by atoms with Crippen LogP contribution < -0.4 is 0 Å². The standard InChI is InChI=1S/C15H27P/c1-8-11-12(9-2)15(6,7)13(16)14(4,5)10-3/h8-9,11,13H,1-2,10,16H2,3-7H3/b12-11+. The minimum Gasteiger partial charge on any atom is -0.133 e. The summed E-state index contributed by atoms with van der Waals surface area (Å²) in [4.78, 5) is 0. The van der Waals surface area contributed by atoms with Crippen molar-refractivity contribution in [2.45, 2.75) is 46.7 Å². The Morgan fingerprint density at radius 1 is 1.25 bits per heavy atom. The van der Waals surface area contributed by atoms with E-state index in [2.05, 4.69) is 63.1 Å². The van der Waals surface area contributed by atoms with Crippen LogP contribution in [0.2, 0.25) is 0 Å². The molecule has 2 atom stereocenters. The van der Waals surface area contributed by atoms with Crippen LogP contribution in [0.5, 0.6) is 0 Å². The minimum atomic E-state index is 0.0973. The molecule has 0 aromatic carbocycles.